The van der Waals surface area contributed by atoms with E-state index in [-0.39, 0.29) is 0 Å². The van der Waals surface area contributed by atoms with E-state index in [9.17, 15) is 0 Å². The summed E-state index contributed by atoms with van der Waals surface area (Å²) in [4.78, 5) is 5.03. The molecule has 2 bridgehead atoms. The maximum atomic E-state index is 5.62. The minimum absolute atomic E-state index is 0.655. The topological polar surface area (TPSA) is 32.5 Å². The van der Waals surface area contributed by atoms with Gasteiger partial charge in [0.25, 0.3) is 0 Å². The molecule has 3 heterocycles. The zero-order valence-electron chi connectivity index (χ0n) is 6.29. The molecule has 58 valence electrons. The maximum absolute atomic E-state index is 5.62. The van der Waals surface area contributed by atoms with E-state index >= 15 is 0 Å². The van der Waals surface area contributed by atoms with Gasteiger partial charge in [0.15, 0.2) is 0 Å². The highest BCUT2D eigenvalue weighted by Gasteiger charge is 2.30. The lowest BCUT2D eigenvalue weighted by atomic mass is 10.1. The Balaban J connectivity index is 2.01. The van der Waals surface area contributed by atoms with Crippen molar-refractivity contribution in [3.8, 4) is 0 Å². The summed E-state index contributed by atoms with van der Waals surface area (Å²) in [5.74, 6) is 0. The van der Waals surface area contributed by atoms with Crippen LogP contribution in [0.15, 0.2) is 0 Å². The van der Waals surface area contributed by atoms with Crippen LogP contribution >= 0.6 is 0 Å². The van der Waals surface area contributed by atoms with Crippen LogP contribution in [-0.2, 0) is 0 Å². The van der Waals surface area contributed by atoms with Crippen molar-refractivity contribution in [3.63, 3.8) is 0 Å². The van der Waals surface area contributed by atoms with Crippen molar-refractivity contribution in [2.24, 2.45) is 5.73 Å². The molecule has 3 fully saturated rings. The second-order valence-corrected chi connectivity index (χ2v) is 3.23. The number of fused-ring (bicyclic) bond motifs is 3. The molecule has 1 atom stereocenters. The van der Waals surface area contributed by atoms with Gasteiger partial charge in [-0.25, -0.2) is 0 Å². The summed E-state index contributed by atoms with van der Waals surface area (Å²) >= 11 is 0. The second kappa shape index (κ2) is 2.49. The molecule has 3 aliphatic heterocycles. The smallest absolute Gasteiger partial charge is 0.0346 e. The second-order valence-electron chi connectivity index (χ2n) is 3.23. The summed E-state index contributed by atoms with van der Waals surface area (Å²) in [5.41, 5.74) is 5.62. The van der Waals surface area contributed by atoms with E-state index < -0.39 is 0 Å². The molecule has 0 aromatic heterocycles. The first-order chi connectivity index (χ1) is 4.90. The Hall–Kier alpha value is -0.120. The molecule has 0 unspecified atom stereocenters. The van der Waals surface area contributed by atoms with E-state index in [1.807, 2.05) is 0 Å². The molecule has 3 aliphatic rings. The normalized spacial score (nSPS) is 45.9. The summed E-state index contributed by atoms with van der Waals surface area (Å²) < 4.78 is 0. The minimum atomic E-state index is 0.655. The molecule has 3 rings (SSSR count). The van der Waals surface area contributed by atoms with Crippen LogP contribution in [0.4, 0.5) is 0 Å². The van der Waals surface area contributed by atoms with E-state index in [1.54, 1.807) is 0 Å². The Bertz CT molecular complexity index is 118. The van der Waals surface area contributed by atoms with Crippen molar-refractivity contribution in [2.75, 3.05) is 39.3 Å². The van der Waals surface area contributed by atoms with Crippen LogP contribution in [0.3, 0.4) is 0 Å². The summed E-state index contributed by atoms with van der Waals surface area (Å²) in [6, 6.07) is 0.655. The monoisotopic (exact) mass is 141 g/mol. The molecule has 0 radical (unpaired) electrons. The van der Waals surface area contributed by atoms with Gasteiger partial charge in [-0.05, 0) is 0 Å². The number of hydrogen-bond donors (Lipinski definition) is 1. The predicted molar refractivity (Wildman–Crippen MR) is 40.9 cm³/mol. The number of nitrogens with two attached hydrogens (primary N) is 1. The molecular formula is C7H15N3. The van der Waals surface area contributed by atoms with Gasteiger partial charge in [-0.15, -0.1) is 0 Å². The Morgan fingerprint density at radius 2 is 1.90 bits per heavy atom. The van der Waals surface area contributed by atoms with Gasteiger partial charge in [-0.2, -0.15) is 0 Å². The van der Waals surface area contributed by atoms with Crippen molar-refractivity contribution in [1.29, 1.82) is 0 Å². The number of rotatable bonds is 1. The number of piperazine rings is 3. The number of hydrogen-bond acceptors (Lipinski definition) is 3. The maximum Gasteiger partial charge on any atom is 0.0346 e. The molecule has 0 aromatic carbocycles. The van der Waals surface area contributed by atoms with Gasteiger partial charge in [0, 0.05) is 45.3 Å². The fourth-order valence-corrected chi connectivity index (χ4v) is 1.95. The first kappa shape index (κ1) is 6.58. The van der Waals surface area contributed by atoms with Gasteiger partial charge in [-0.1, -0.05) is 0 Å². The van der Waals surface area contributed by atoms with Gasteiger partial charge in [0.05, 0.1) is 0 Å². The first-order valence-corrected chi connectivity index (χ1v) is 4.06. The van der Waals surface area contributed by atoms with Crippen molar-refractivity contribution >= 4 is 0 Å². The van der Waals surface area contributed by atoms with Crippen LogP contribution in [0, 0.1) is 0 Å². The van der Waals surface area contributed by atoms with Crippen molar-refractivity contribution < 1.29 is 0 Å². The Morgan fingerprint density at radius 3 is 2.20 bits per heavy atom. The van der Waals surface area contributed by atoms with Crippen LogP contribution in [0.5, 0.6) is 0 Å². The molecule has 3 saturated heterocycles. The standard InChI is InChI=1S/C7H15N3/c8-5-7-6-9-1-3-10(7)4-2-9/h7H,1-6,8H2/t7-/m0/s1. The van der Waals surface area contributed by atoms with Crippen molar-refractivity contribution in [2.45, 2.75) is 6.04 Å². The average molecular weight is 141 g/mol. The minimum Gasteiger partial charge on any atom is -0.329 e. The third-order valence-electron chi connectivity index (χ3n) is 2.66. The van der Waals surface area contributed by atoms with E-state index in [4.69, 9.17) is 5.73 Å². The summed E-state index contributed by atoms with van der Waals surface area (Å²) in [6.45, 7) is 7.03. The van der Waals surface area contributed by atoms with Gasteiger partial charge in [0.2, 0.25) is 0 Å². The van der Waals surface area contributed by atoms with Gasteiger partial charge >= 0.3 is 0 Å². The van der Waals surface area contributed by atoms with Crippen LogP contribution < -0.4 is 5.73 Å². The van der Waals surface area contributed by atoms with Crippen molar-refractivity contribution in [1.82, 2.24) is 9.80 Å². The van der Waals surface area contributed by atoms with E-state index in [2.05, 4.69) is 9.80 Å². The Kier molecular flexibility index (Phi) is 1.64. The zero-order chi connectivity index (χ0) is 6.97. The van der Waals surface area contributed by atoms with E-state index in [1.165, 1.54) is 32.7 Å². The summed E-state index contributed by atoms with van der Waals surface area (Å²) in [6.07, 6.45) is 0. The summed E-state index contributed by atoms with van der Waals surface area (Å²) in [7, 11) is 0. The lowest BCUT2D eigenvalue weighted by Gasteiger charge is -2.47. The van der Waals surface area contributed by atoms with Crippen LogP contribution in [0.25, 0.3) is 0 Å². The van der Waals surface area contributed by atoms with E-state index in [0.717, 1.165) is 6.54 Å². The fourth-order valence-electron chi connectivity index (χ4n) is 1.95. The number of nitrogens with zero attached hydrogens (tertiary/aromatic N) is 2. The highest BCUT2D eigenvalue weighted by molar-refractivity contribution is 4.88. The van der Waals surface area contributed by atoms with Crippen molar-refractivity contribution in [3.05, 3.63) is 0 Å². The van der Waals surface area contributed by atoms with Gasteiger partial charge in [0.1, 0.15) is 0 Å². The average Bonchev–Trinajstić information content (AvgIpc) is 2.06. The molecule has 0 aliphatic carbocycles. The lowest BCUT2D eigenvalue weighted by Crippen LogP contribution is -2.62. The molecule has 0 saturated carbocycles. The summed E-state index contributed by atoms with van der Waals surface area (Å²) in [5, 5.41) is 0. The van der Waals surface area contributed by atoms with Crippen LogP contribution in [0.2, 0.25) is 0 Å². The molecule has 0 amide bonds. The Morgan fingerprint density at radius 1 is 1.20 bits per heavy atom. The fraction of sp³-hybridized carbons (Fsp3) is 1.00. The highest BCUT2D eigenvalue weighted by Crippen LogP contribution is 2.13. The third kappa shape index (κ3) is 0.944. The molecular weight excluding hydrogens is 126 g/mol. The molecule has 2 N–H and O–H groups in total. The molecule has 0 spiro atoms. The molecule has 0 aromatic rings. The molecule has 10 heavy (non-hydrogen) atoms. The zero-order valence-corrected chi connectivity index (χ0v) is 6.29. The van der Waals surface area contributed by atoms with Crippen LogP contribution in [0.1, 0.15) is 0 Å². The van der Waals surface area contributed by atoms with Gasteiger partial charge in [-0.3, -0.25) is 9.80 Å². The Labute approximate surface area is 61.8 Å². The lowest BCUT2D eigenvalue weighted by molar-refractivity contribution is 0.0172. The molecule has 3 heteroatoms. The molecule has 3 nitrogen and oxygen atoms in total. The largest absolute Gasteiger partial charge is 0.329 e. The first-order valence-electron chi connectivity index (χ1n) is 4.06. The quantitative estimate of drug-likeness (QED) is 0.505. The predicted octanol–water partition coefficient (Wildman–Crippen LogP) is -1.06. The van der Waals surface area contributed by atoms with E-state index in [0.29, 0.717) is 6.04 Å². The third-order valence-corrected chi connectivity index (χ3v) is 2.66. The van der Waals surface area contributed by atoms with Crippen LogP contribution in [-0.4, -0.2) is 55.1 Å². The van der Waals surface area contributed by atoms with Gasteiger partial charge < -0.3 is 5.73 Å². The highest BCUT2D eigenvalue weighted by atomic mass is 15.3. The SMILES string of the molecule is NC[C@H]1CN2CCN1CC2.